The van der Waals surface area contributed by atoms with E-state index in [0.717, 1.165) is 29.2 Å². The fraction of sp³-hybridized carbons (Fsp3) is 0.250. The Morgan fingerprint density at radius 3 is 2.93 bits per heavy atom. The smallest absolute Gasteiger partial charge is 0.247 e. The molecule has 3 aromatic rings. The number of nitrogens with zero attached hydrogens (tertiary/aromatic N) is 5. The van der Waals surface area contributed by atoms with Crippen molar-refractivity contribution in [2.45, 2.75) is 25.8 Å². The number of amides is 1. The quantitative estimate of drug-likeness (QED) is 0.666. The zero-order valence-corrected chi connectivity index (χ0v) is 16.3. The van der Waals surface area contributed by atoms with Gasteiger partial charge < -0.3 is 10.2 Å². The molecule has 1 unspecified atom stereocenters. The van der Waals surface area contributed by atoms with Crippen LogP contribution >= 0.6 is 11.3 Å². The highest BCUT2D eigenvalue weighted by atomic mass is 32.1. The van der Waals surface area contributed by atoms with Crippen LogP contribution in [0.25, 0.3) is 6.08 Å². The minimum Gasteiger partial charge on any atom is -0.330 e. The normalized spacial score (nSPS) is 16.6. The number of rotatable bonds is 5. The second kappa shape index (κ2) is 8.26. The third kappa shape index (κ3) is 4.07. The van der Waals surface area contributed by atoms with Gasteiger partial charge in [-0.2, -0.15) is 0 Å². The fourth-order valence-electron chi connectivity index (χ4n) is 3.27. The second-order valence-electron chi connectivity index (χ2n) is 6.44. The van der Waals surface area contributed by atoms with Crippen molar-refractivity contribution in [3.8, 4) is 0 Å². The van der Waals surface area contributed by atoms with Crippen molar-refractivity contribution in [2.24, 2.45) is 0 Å². The highest BCUT2D eigenvalue weighted by molar-refractivity contribution is 7.09. The van der Waals surface area contributed by atoms with Crippen molar-refractivity contribution >= 4 is 35.0 Å². The van der Waals surface area contributed by atoms with E-state index in [0.29, 0.717) is 18.2 Å². The molecule has 0 radical (unpaired) electrons. The number of thiazole rings is 1. The molecule has 0 aliphatic carbocycles. The number of aryl methyl sites for hydroxylation is 1. The Morgan fingerprint density at radius 2 is 2.14 bits per heavy atom. The summed E-state index contributed by atoms with van der Waals surface area (Å²) in [5.74, 6) is 1.28. The lowest BCUT2D eigenvalue weighted by molar-refractivity contribution is -0.126. The first kappa shape index (κ1) is 18.2. The summed E-state index contributed by atoms with van der Waals surface area (Å²) in [4.78, 5) is 32.3. The molecule has 28 heavy (non-hydrogen) atoms. The molecule has 0 spiro atoms. The molecule has 0 saturated carbocycles. The predicted molar refractivity (Wildman–Crippen MR) is 109 cm³/mol. The van der Waals surface area contributed by atoms with Crippen LogP contribution in [0.5, 0.6) is 0 Å². The van der Waals surface area contributed by atoms with E-state index in [1.54, 1.807) is 42.1 Å². The van der Waals surface area contributed by atoms with Gasteiger partial charge in [-0.25, -0.2) is 15.0 Å². The molecule has 3 aromatic heterocycles. The van der Waals surface area contributed by atoms with E-state index in [2.05, 4.69) is 25.3 Å². The van der Waals surface area contributed by atoms with Gasteiger partial charge in [-0.3, -0.25) is 9.78 Å². The molecule has 1 amide bonds. The lowest BCUT2D eigenvalue weighted by atomic mass is 10.1. The van der Waals surface area contributed by atoms with Crippen molar-refractivity contribution in [2.75, 3.05) is 11.9 Å². The molecule has 1 aliphatic rings. The van der Waals surface area contributed by atoms with E-state index < -0.39 is 0 Å². The highest BCUT2D eigenvalue weighted by Crippen LogP contribution is 2.34. The molecule has 0 bridgehead atoms. The first-order chi connectivity index (χ1) is 13.7. The van der Waals surface area contributed by atoms with Gasteiger partial charge in [0.1, 0.15) is 11.5 Å². The molecule has 8 heteroatoms. The van der Waals surface area contributed by atoms with Crippen LogP contribution in [-0.2, 0) is 4.79 Å². The molecule has 1 atom stereocenters. The summed E-state index contributed by atoms with van der Waals surface area (Å²) in [6, 6.07) is 5.52. The molecule has 7 nitrogen and oxygen atoms in total. The van der Waals surface area contributed by atoms with E-state index in [1.165, 1.54) is 0 Å². The van der Waals surface area contributed by atoms with Crippen LogP contribution in [0.1, 0.15) is 35.3 Å². The summed E-state index contributed by atoms with van der Waals surface area (Å²) >= 11 is 1.57. The van der Waals surface area contributed by atoms with E-state index in [1.807, 2.05) is 35.4 Å². The SMILES string of the molecule is Cc1nc(/C=C/C(=O)N2CCCC2c2nccnc2Nc2ccccn2)cs1. The van der Waals surface area contributed by atoms with Crippen molar-refractivity contribution < 1.29 is 4.79 Å². The van der Waals surface area contributed by atoms with Gasteiger partial charge in [-0.15, -0.1) is 11.3 Å². The Labute approximate surface area is 167 Å². The van der Waals surface area contributed by atoms with Crippen molar-refractivity contribution in [3.63, 3.8) is 0 Å². The van der Waals surface area contributed by atoms with E-state index in [-0.39, 0.29) is 11.9 Å². The number of nitrogens with one attached hydrogen (secondary N) is 1. The Bertz CT molecular complexity index is 987. The molecule has 1 aliphatic heterocycles. The highest BCUT2D eigenvalue weighted by Gasteiger charge is 2.32. The van der Waals surface area contributed by atoms with Crippen molar-refractivity contribution in [1.29, 1.82) is 0 Å². The minimum absolute atomic E-state index is 0.0393. The Morgan fingerprint density at radius 1 is 1.25 bits per heavy atom. The lowest BCUT2D eigenvalue weighted by Crippen LogP contribution is -2.30. The van der Waals surface area contributed by atoms with Gasteiger partial charge in [0.15, 0.2) is 5.82 Å². The molecule has 142 valence electrons. The summed E-state index contributed by atoms with van der Waals surface area (Å²) in [7, 11) is 0. The molecule has 1 N–H and O–H groups in total. The maximum Gasteiger partial charge on any atom is 0.247 e. The number of aromatic nitrogens is 4. The third-order valence-electron chi connectivity index (χ3n) is 4.52. The van der Waals surface area contributed by atoms with Crippen LogP contribution in [0.4, 0.5) is 11.6 Å². The van der Waals surface area contributed by atoms with Gasteiger partial charge in [0.2, 0.25) is 5.91 Å². The Kier molecular flexibility index (Phi) is 5.38. The number of pyridine rings is 1. The van der Waals surface area contributed by atoms with Crippen LogP contribution < -0.4 is 5.32 Å². The Balaban J connectivity index is 1.55. The zero-order chi connectivity index (χ0) is 19.3. The fourth-order valence-corrected chi connectivity index (χ4v) is 3.85. The molecule has 0 aromatic carbocycles. The van der Waals surface area contributed by atoms with Crippen molar-refractivity contribution in [1.82, 2.24) is 24.8 Å². The van der Waals surface area contributed by atoms with Gasteiger partial charge in [-0.05, 0) is 38.0 Å². The predicted octanol–water partition coefficient (Wildman–Crippen LogP) is 3.76. The maximum atomic E-state index is 12.8. The molecule has 4 rings (SSSR count). The first-order valence-electron chi connectivity index (χ1n) is 9.10. The van der Waals surface area contributed by atoms with Gasteiger partial charge in [0, 0.05) is 36.6 Å². The average molecular weight is 392 g/mol. The monoisotopic (exact) mass is 392 g/mol. The van der Waals surface area contributed by atoms with E-state index in [4.69, 9.17) is 0 Å². The summed E-state index contributed by atoms with van der Waals surface area (Å²) in [6.07, 6.45) is 10.2. The number of hydrogen-bond acceptors (Lipinski definition) is 7. The average Bonchev–Trinajstić information content (AvgIpc) is 3.36. The zero-order valence-electron chi connectivity index (χ0n) is 15.4. The first-order valence-corrected chi connectivity index (χ1v) is 9.98. The number of likely N-dealkylation sites (tertiary alicyclic amines) is 1. The topological polar surface area (TPSA) is 83.9 Å². The van der Waals surface area contributed by atoms with E-state index in [9.17, 15) is 4.79 Å². The van der Waals surface area contributed by atoms with Gasteiger partial charge >= 0.3 is 0 Å². The van der Waals surface area contributed by atoms with Crippen LogP contribution in [-0.4, -0.2) is 37.3 Å². The minimum atomic E-state index is -0.116. The van der Waals surface area contributed by atoms with Crippen molar-refractivity contribution in [3.05, 3.63) is 64.6 Å². The van der Waals surface area contributed by atoms with Crippen LogP contribution in [0.15, 0.2) is 48.2 Å². The largest absolute Gasteiger partial charge is 0.330 e. The van der Waals surface area contributed by atoms with Gasteiger partial charge in [0.25, 0.3) is 0 Å². The number of anilines is 2. The molecule has 4 heterocycles. The molecular formula is C20H20N6OS. The van der Waals surface area contributed by atoms with Gasteiger partial charge in [-0.1, -0.05) is 6.07 Å². The summed E-state index contributed by atoms with van der Waals surface area (Å²) in [5, 5.41) is 6.15. The molecule has 1 saturated heterocycles. The Hall–Kier alpha value is -3.13. The number of carbonyl (C=O) groups excluding carboxylic acids is 1. The summed E-state index contributed by atoms with van der Waals surface area (Å²) in [6.45, 7) is 2.65. The lowest BCUT2D eigenvalue weighted by Gasteiger charge is -2.24. The number of hydrogen-bond donors (Lipinski definition) is 1. The van der Waals surface area contributed by atoms with E-state index >= 15 is 0 Å². The number of carbonyl (C=O) groups is 1. The standard InChI is InChI=1S/C20H20N6OS/c1-14-24-15(13-28-14)7-8-18(27)26-12-4-5-16(26)19-20(23-11-10-22-19)25-17-6-2-3-9-21-17/h2-3,6-11,13,16H,4-5,12H2,1H3,(H,21,23,25)/b8-7+. The van der Waals surface area contributed by atoms with Crippen LogP contribution in [0.2, 0.25) is 0 Å². The molecule has 1 fully saturated rings. The molecular weight excluding hydrogens is 372 g/mol. The second-order valence-corrected chi connectivity index (χ2v) is 7.51. The van der Waals surface area contributed by atoms with Crippen LogP contribution in [0, 0.1) is 6.92 Å². The third-order valence-corrected chi connectivity index (χ3v) is 5.31. The van der Waals surface area contributed by atoms with Gasteiger partial charge in [0.05, 0.1) is 16.7 Å². The van der Waals surface area contributed by atoms with Crippen LogP contribution in [0.3, 0.4) is 0 Å². The maximum absolute atomic E-state index is 12.8. The summed E-state index contributed by atoms with van der Waals surface area (Å²) < 4.78 is 0. The summed E-state index contributed by atoms with van der Waals surface area (Å²) in [5.41, 5.74) is 1.57.